The van der Waals surface area contributed by atoms with E-state index in [-0.39, 0.29) is 11.6 Å². The van der Waals surface area contributed by atoms with Crippen LogP contribution in [0.15, 0.2) is 24.3 Å². The maximum Gasteiger partial charge on any atom is 0.323 e. The second-order valence-corrected chi connectivity index (χ2v) is 3.29. The van der Waals surface area contributed by atoms with Gasteiger partial charge in [-0.25, -0.2) is 0 Å². The number of aromatic hydroxyl groups is 1. The SMILES string of the molecule is O=C(O)CN(C(=O)CCl)c1ccc(O)cc1. The Bertz CT molecular complexity index is 390. The molecule has 0 aliphatic carbocycles. The number of benzene rings is 1. The van der Waals surface area contributed by atoms with Gasteiger partial charge in [0.2, 0.25) is 5.91 Å². The smallest absolute Gasteiger partial charge is 0.323 e. The number of hydrogen-bond donors (Lipinski definition) is 2. The lowest BCUT2D eigenvalue weighted by Gasteiger charge is -2.19. The number of carbonyl (C=O) groups excluding carboxylic acids is 1. The van der Waals surface area contributed by atoms with Crippen molar-refractivity contribution in [2.75, 3.05) is 17.3 Å². The second kappa shape index (κ2) is 5.37. The maximum atomic E-state index is 11.4. The number of alkyl halides is 1. The van der Waals surface area contributed by atoms with E-state index in [0.29, 0.717) is 5.69 Å². The van der Waals surface area contributed by atoms with Gasteiger partial charge >= 0.3 is 5.97 Å². The van der Waals surface area contributed by atoms with Gasteiger partial charge in [0.15, 0.2) is 0 Å². The number of phenolic OH excluding ortho intramolecular Hbond substituents is 1. The Kier molecular flexibility index (Phi) is 4.13. The van der Waals surface area contributed by atoms with Crippen LogP contribution in [0.5, 0.6) is 5.75 Å². The molecule has 6 heteroatoms. The second-order valence-electron chi connectivity index (χ2n) is 3.02. The summed E-state index contributed by atoms with van der Waals surface area (Å²) in [6.45, 7) is -0.462. The molecule has 1 aromatic carbocycles. The Morgan fingerprint density at radius 1 is 1.25 bits per heavy atom. The molecular weight excluding hydrogens is 234 g/mol. The normalized spacial score (nSPS) is 9.81. The summed E-state index contributed by atoms with van der Waals surface area (Å²) in [5, 5.41) is 17.7. The zero-order chi connectivity index (χ0) is 12.1. The minimum Gasteiger partial charge on any atom is -0.508 e. The first-order chi connectivity index (χ1) is 7.54. The Hall–Kier alpha value is -1.75. The van der Waals surface area contributed by atoms with E-state index in [1.165, 1.54) is 24.3 Å². The number of rotatable bonds is 4. The minimum absolute atomic E-state index is 0.0392. The number of carboxylic acid groups (broad SMARTS) is 1. The highest BCUT2D eigenvalue weighted by molar-refractivity contribution is 6.29. The molecule has 2 N–H and O–H groups in total. The van der Waals surface area contributed by atoms with E-state index in [1.807, 2.05) is 0 Å². The number of amides is 1. The molecule has 0 unspecified atom stereocenters. The van der Waals surface area contributed by atoms with Crippen LogP contribution in [-0.2, 0) is 9.59 Å². The third kappa shape index (κ3) is 3.13. The molecule has 0 atom stereocenters. The summed E-state index contributed by atoms with van der Waals surface area (Å²) in [4.78, 5) is 23.0. The predicted molar refractivity (Wildman–Crippen MR) is 58.8 cm³/mol. The molecule has 5 nitrogen and oxygen atoms in total. The summed E-state index contributed by atoms with van der Waals surface area (Å²) >= 11 is 5.38. The van der Waals surface area contributed by atoms with Gasteiger partial charge in [-0.1, -0.05) is 0 Å². The van der Waals surface area contributed by atoms with E-state index < -0.39 is 18.4 Å². The summed E-state index contributed by atoms with van der Waals surface area (Å²) < 4.78 is 0. The lowest BCUT2D eigenvalue weighted by Crippen LogP contribution is -2.36. The zero-order valence-corrected chi connectivity index (χ0v) is 9.02. The highest BCUT2D eigenvalue weighted by Gasteiger charge is 2.17. The maximum absolute atomic E-state index is 11.4. The summed E-state index contributed by atoms with van der Waals surface area (Å²) in [6.07, 6.45) is 0. The van der Waals surface area contributed by atoms with E-state index in [1.54, 1.807) is 0 Å². The number of carboxylic acids is 1. The zero-order valence-electron chi connectivity index (χ0n) is 8.26. The number of aliphatic carboxylic acids is 1. The molecule has 0 aliphatic heterocycles. The molecule has 86 valence electrons. The summed E-state index contributed by atoms with van der Waals surface area (Å²) in [7, 11) is 0. The van der Waals surface area contributed by atoms with Crippen LogP contribution in [0, 0.1) is 0 Å². The molecule has 0 aliphatic rings. The van der Waals surface area contributed by atoms with Crippen LogP contribution < -0.4 is 4.90 Å². The first kappa shape index (κ1) is 12.3. The Morgan fingerprint density at radius 3 is 2.25 bits per heavy atom. The predicted octanol–water partition coefficient (Wildman–Crippen LogP) is 1.05. The molecule has 0 saturated heterocycles. The molecule has 0 aromatic heterocycles. The van der Waals surface area contributed by atoms with Crippen LogP contribution in [0.1, 0.15) is 0 Å². The molecule has 0 fully saturated rings. The molecule has 16 heavy (non-hydrogen) atoms. The Balaban J connectivity index is 2.96. The van der Waals surface area contributed by atoms with E-state index in [0.717, 1.165) is 4.90 Å². The fraction of sp³-hybridized carbons (Fsp3) is 0.200. The largest absolute Gasteiger partial charge is 0.508 e. The van der Waals surface area contributed by atoms with Crippen molar-refractivity contribution in [3.63, 3.8) is 0 Å². The monoisotopic (exact) mass is 243 g/mol. The molecule has 0 bridgehead atoms. The lowest BCUT2D eigenvalue weighted by atomic mass is 10.2. The first-order valence-electron chi connectivity index (χ1n) is 4.41. The van der Waals surface area contributed by atoms with Crippen LogP contribution >= 0.6 is 11.6 Å². The highest BCUT2D eigenvalue weighted by Crippen LogP contribution is 2.18. The third-order valence-electron chi connectivity index (χ3n) is 1.87. The highest BCUT2D eigenvalue weighted by atomic mass is 35.5. The van der Waals surface area contributed by atoms with Gasteiger partial charge < -0.3 is 15.1 Å². The number of halogens is 1. The van der Waals surface area contributed by atoms with Crippen molar-refractivity contribution in [2.45, 2.75) is 0 Å². The van der Waals surface area contributed by atoms with Crippen LogP contribution in [0.3, 0.4) is 0 Å². The number of hydrogen-bond acceptors (Lipinski definition) is 3. The summed E-state index contributed by atoms with van der Waals surface area (Å²) in [5.74, 6) is -1.90. The van der Waals surface area contributed by atoms with E-state index in [9.17, 15) is 9.59 Å². The summed E-state index contributed by atoms with van der Waals surface area (Å²) in [5.41, 5.74) is 0.380. The Labute approximate surface area is 96.9 Å². The van der Waals surface area contributed by atoms with Crippen molar-refractivity contribution in [1.29, 1.82) is 0 Å². The van der Waals surface area contributed by atoms with Crippen LogP contribution in [0.4, 0.5) is 5.69 Å². The topological polar surface area (TPSA) is 77.8 Å². The van der Waals surface area contributed by atoms with Crippen molar-refractivity contribution < 1.29 is 19.8 Å². The first-order valence-corrected chi connectivity index (χ1v) is 4.95. The van der Waals surface area contributed by atoms with Crippen molar-refractivity contribution in [1.82, 2.24) is 0 Å². The molecule has 0 radical (unpaired) electrons. The minimum atomic E-state index is -1.13. The van der Waals surface area contributed by atoms with Gasteiger partial charge in [0.05, 0.1) is 0 Å². The lowest BCUT2D eigenvalue weighted by molar-refractivity contribution is -0.136. The van der Waals surface area contributed by atoms with Gasteiger partial charge in [0.1, 0.15) is 18.2 Å². The van der Waals surface area contributed by atoms with E-state index >= 15 is 0 Å². The summed E-state index contributed by atoms with van der Waals surface area (Å²) in [6, 6.07) is 5.63. The van der Waals surface area contributed by atoms with E-state index in [4.69, 9.17) is 21.8 Å². The standard InChI is InChI=1S/C10H10ClNO4/c11-5-9(14)12(6-10(15)16)7-1-3-8(13)4-2-7/h1-4,13H,5-6H2,(H,15,16). The van der Waals surface area contributed by atoms with Crippen molar-refractivity contribution >= 4 is 29.2 Å². The van der Waals surface area contributed by atoms with Gasteiger partial charge in [0.25, 0.3) is 0 Å². The number of phenols is 1. The Morgan fingerprint density at radius 2 is 1.81 bits per heavy atom. The fourth-order valence-electron chi connectivity index (χ4n) is 1.16. The average molecular weight is 244 g/mol. The molecule has 0 spiro atoms. The van der Waals surface area contributed by atoms with Crippen molar-refractivity contribution in [3.8, 4) is 5.75 Å². The van der Waals surface area contributed by atoms with Crippen LogP contribution in [-0.4, -0.2) is 34.5 Å². The quantitative estimate of drug-likeness (QED) is 0.775. The molecule has 1 amide bonds. The van der Waals surface area contributed by atoms with Crippen LogP contribution in [0.25, 0.3) is 0 Å². The fourth-order valence-corrected chi connectivity index (χ4v) is 1.31. The van der Waals surface area contributed by atoms with Gasteiger partial charge in [-0.05, 0) is 24.3 Å². The number of anilines is 1. The van der Waals surface area contributed by atoms with Gasteiger partial charge in [-0.15, -0.1) is 11.6 Å². The molecule has 1 aromatic rings. The van der Waals surface area contributed by atoms with Crippen molar-refractivity contribution in [3.05, 3.63) is 24.3 Å². The van der Waals surface area contributed by atoms with Gasteiger partial charge in [-0.3, -0.25) is 9.59 Å². The third-order valence-corrected chi connectivity index (χ3v) is 2.10. The van der Waals surface area contributed by atoms with E-state index in [2.05, 4.69) is 0 Å². The van der Waals surface area contributed by atoms with Gasteiger partial charge in [-0.2, -0.15) is 0 Å². The number of carbonyl (C=O) groups is 2. The molecular formula is C10H10ClNO4. The molecule has 0 heterocycles. The van der Waals surface area contributed by atoms with Crippen LogP contribution in [0.2, 0.25) is 0 Å². The molecule has 0 saturated carbocycles. The number of nitrogens with zero attached hydrogens (tertiary/aromatic N) is 1. The average Bonchev–Trinajstić information content (AvgIpc) is 2.26. The van der Waals surface area contributed by atoms with Crippen molar-refractivity contribution in [2.24, 2.45) is 0 Å². The molecule has 1 rings (SSSR count). The van der Waals surface area contributed by atoms with Gasteiger partial charge in [0, 0.05) is 5.69 Å².